The fourth-order valence-corrected chi connectivity index (χ4v) is 2.41. The van der Waals surface area contributed by atoms with Gasteiger partial charge in [-0.15, -0.1) is 0 Å². The highest BCUT2D eigenvalue weighted by molar-refractivity contribution is 5.98. The zero-order valence-electron chi connectivity index (χ0n) is 10.6. The first-order chi connectivity index (χ1) is 9.65. The minimum atomic E-state index is -0.825. The number of ketones is 1. The minimum absolute atomic E-state index is 0.0839. The third-order valence-electron chi connectivity index (χ3n) is 3.45. The maximum atomic E-state index is 13.7. The van der Waals surface area contributed by atoms with E-state index in [1.807, 2.05) is 24.3 Å². The monoisotopic (exact) mass is 274 g/mol. The summed E-state index contributed by atoms with van der Waals surface area (Å²) in [5.74, 6) is -1.55. The molecule has 2 aromatic carbocycles. The number of ether oxygens (including phenoxy) is 1. The second-order valence-electron chi connectivity index (χ2n) is 4.81. The Morgan fingerprint density at radius 3 is 2.75 bits per heavy atom. The topological polar surface area (TPSA) is 26.3 Å². The number of hydrogen-bond donors (Lipinski definition) is 0. The average Bonchev–Trinajstić information content (AvgIpc) is 2.46. The van der Waals surface area contributed by atoms with Gasteiger partial charge in [-0.3, -0.25) is 4.79 Å². The number of fused-ring (bicyclic) bond motifs is 1. The van der Waals surface area contributed by atoms with Crippen molar-refractivity contribution in [3.8, 4) is 5.75 Å². The molecule has 3 rings (SSSR count). The SMILES string of the molecule is O=C(c1ccc(F)cc1F)C1COc2ccccc2C1. The lowest BCUT2D eigenvalue weighted by Crippen LogP contribution is -2.28. The number of benzene rings is 2. The normalized spacial score (nSPS) is 17.2. The van der Waals surface area contributed by atoms with Gasteiger partial charge in [0.25, 0.3) is 0 Å². The molecule has 1 aliphatic rings. The molecule has 2 nitrogen and oxygen atoms in total. The molecule has 0 aliphatic carbocycles. The molecule has 1 atom stereocenters. The van der Waals surface area contributed by atoms with E-state index in [-0.39, 0.29) is 18.0 Å². The van der Waals surface area contributed by atoms with Gasteiger partial charge in [-0.2, -0.15) is 0 Å². The predicted octanol–water partition coefficient (Wildman–Crippen LogP) is 3.40. The molecule has 0 bridgehead atoms. The van der Waals surface area contributed by atoms with Crippen LogP contribution in [0, 0.1) is 17.6 Å². The molecular formula is C16H12F2O2. The Labute approximate surface area is 115 Å². The molecule has 20 heavy (non-hydrogen) atoms. The lowest BCUT2D eigenvalue weighted by molar-refractivity contribution is 0.0851. The number of hydrogen-bond acceptors (Lipinski definition) is 2. The summed E-state index contributed by atoms with van der Waals surface area (Å²) in [4.78, 5) is 12.3. The van der Waals surface area contributed by atoms with E-state index in [4.69, 9.17) is 4.74 Å². The highest BCUT2D eigenvalue weighted by Crippen LogP contribution is 2.29. The highest BCUT2D eigenvalue weighted by Gasteiger charge is 2.28. The van der Waals surface area contributed by atoms with Gasteiger partial charge in [0.15, 0.2) is 5.78 Å². The molecule has 0 spiro atoms. The zero-order chi connectivity index (χ0) is 14.1. The minimum Gasteiger partial charge on any atom is -0.493 e. The lowest BCUT2D eigenvalue weighted by Gasteiger charge is -2.24. The summed E-state index contributed by atoms with van der Waals surface area (Å²) >= 11 is 0. The van der Waals surface area contributed by atoms with Gasteiger partial charge in [-0.25, -0.2) is 8.78 Å². The van der Waals surface area contributed by atoms with Crippen molar-refractivity contribution < 1.29 is 18.3 Å². The molecule has 1 unspecified atom stereocenters. The molecule has 2 aromatic rings. The number of para-hydroxylation sites is 1. The van der Waals surface area contributed by atoms with Crippen LogP contribution < -0.4 is 4.74 Å². The number of carbonyl (C=O) groups excluding carboxylic acids is 1. The Balaban J connectivity index is 1.86. The fraction of sp³-hybridized carbons (Fsp3) is 0.188. The smallest absolute Gasteiger partial charge is 0.172 e. The second kappa shape index (κ2) is 5.04. The van der Waals surface area contributed by atoms with Crippen LogP contribution in [0.4, 0.5) is 8.78 Å². The van der Waals surface area contributed by atoms with Crippen molar-refractivity contribution >= 4 is 5.78 Å². The quantitative estimate of drug-likeness (QED) is 0.785. The van der Waals surface area contributed by atoms with E-state index >= 15 is 0 Å². The molecule has 4 heteroatoms. The first-order valence-corrected chi connectivity index (χ1v) is 6.35. The predicted molar refractivity (Wildman–Crippen MR) is 69.8 cm³/mol. The van der Waals surface area contributed by atoms with Crippen molar-refractivity contribution in [3.63, 3.8) is 0 Å². The van der Waals surface area contributed by atoms with Gasteiger partial charge in [-0.1, -0.05) is 18.2 Å². The highest BCUT2D eigenvalue weighted by atomic mass is 19.1. The summed E-state index contributed by atoms with van der Waals surface area (Å²) in [6.45, 7) is 0.215. The molecule has 0 saturated heterocycles. The van der Waals surface area contributed by atoms with E-state index in [9.17, 15) is 13.6 Å². The van der Waals surface area contributed by atoms with Crippen LogP contribution in [0.2, 0.25) is 0 Å². The van der Waals surface area contributed by atoms with Crippen LogP contribution in [0.3, 0.4) is 0 Å². The van der Waals surface area contributed by atoms with Crippen LogP contribution in [-0.4, -0.2) is 12.4 Å². The maximum Gasteiger partial charge on any atom is 0.172 e. The Kier molecular flexibility index (Phi) is 3.22. The second-order valence-corrected chi connectivity index (χ2v) is 4.81. The summed E-state index contributed by atoms with van der Waals surface area (Å²) in [6, 6.07) is 10.5. The standard InChI is InChI=1S/C16H12F2O2/c17-12-5-6-13(14(18)8-12)16(19)11-7-10-3-1-2-4-15(10)20-9-11/h1-6,8,11H,7,9H2. The number of carbonyl (C=O) groups is 1. The van der Waals surface area contributed by atoms with Crippen molar-refractivity contribution in [1.29, 1.82) is 0 Å². The molecule has 0 aromatic heterocycles. The van der Waals surface area contributed by atoms with Gasteiger partial charge in [0.1, 0.15) is 17.4 Å². The van der Waals surface area contributed by atoms with Crippen molar-refractivity contribution in [3.05, 3.63) is 65.2 Å². The maximum absolute atomic E-state index is 13.7. The van der Waals surface area contributed by atoms with Crippen molar-refractivity contribution in [2.75, 3.05) is 6.61 Å². The lowest BCUT2D eigenvalue weighted by atomic mass is 9.89. The molecule has 0 amide bonds. The third-order valence-corrected chi connectivity index (χ3v) is 3.45. The molecule has 102 valence electrons. The van der Waals surface area contributed by atoms with Gasteiger partial charge < -0.3 is 4.74 Å². The van der Waals surface area contributed by atoms with E-state index < -0.39 is 17.6 Å². The van der Waals surface area contributed by atoms with Crippen LogP contribution >= 0.6 is 0 Å². The van der Waals surface area contributed by atoms with Crippen LogP contribution in [0.15, 0.2) is 42.5 Å². The van der Waals surface area contributed by atoms with Crippen molar-refractivity contribution in [1.82, 2.24) is 0 Å². The van der Waals surface area contributed by atoms with Crippen molar-refractivity contribution in [2.45, 2.75) is 6.42 Å². The molecule has 0 radical (unpaired) electrons. The number of rotatable bonds is 2. The summed E-state index contributed by atoms with van der Waals surface area (Å²) in [7, 11) is 0. The molecule has 1 aliphatic heterocycles. The van der Waals surface area contributed by atoms with Crippen LogP contribution in [0.5, 0.6) is 5.75 Å². The summed E-state index contributed by atoms with van der Waals surface area (Å²) in [5, 5.41) is 0. The van der Waals surface area contributed by atoms with Crippen molar-refractivity contribution in [2.24, 2.45) is 5.92 Å². The Bertz CT molecular complexity index is 667. The Morgan fingerprint density at radius 2 is 1.95 bits per heavy atom. The Hall–Kier alpha value is -2.23. The molecule has 0 fully saturated rings. The van der Waals surface area contributed by atoms with Crippen LogP contribution in [-0.2, 0) is 6.42 Å². The van der Waals surface area contributed by atoms with Gasteiger partial charge in [0.2, 0.25) is 0 Å². The first kappa shape index (κ1) is 12.8. The zero-order valence-corrected chi connectivity index (χ0v) is 10.6. The average molecular weight is 274 g/mol. The number of halogens is 2. The van der Waals surface area contributed by atoms with Crippen LogP contribution in [0.1, 0.15) is 15.9 Å². The summed E-state index contributed by atoms with van der Waals surface area (Å²) in [6.07, 6.45) is 0.506. The largest absolute Gasteiger partial charge is 0.493 e. The summed E-state index contributed by atoms with van der Waals surface area (Å²) < 4.78 is 32.0. The fourth-order valence-electron chi connectivity index (χ4n) is 2.41. The van der Waals surface area contributed by atoms with Crippen LogP contribution in [0.25, 0.3) is 0 Å². The molecule has 1 heterocycles. The van der Waals surface area contributed by atoms with Gasteiger partial charge in [0.05, 0.1) is 18.1 Å². The first-order valence-electron chi connectivity index (χ1n) is 6.35. The van der Waals surface area contributed by atoms with E-state index in [0.717, 1.165) is 23.4 Å². The van der Waals surface area contributed by atoms with E-state index in [1.165, 1.54) is 6.07 Å². The van der Waals surface area contributed by atoms with E-state index in [2.05, 4.69) is 0 Å². The van der Waals surface area contributed by atoms with Gasteiger partial charge >= 0.3 is 0 Å². The summed E-state index contributed by atoms with van der Waals surface area (Å²) in [5.41, 5.74) is 0.846. The van der Waals surface area contributed by atoms with Gasteiger partial charge in [0, 0.05) is 6.07 Å². The Morgan fingerprint density at radius 1 is 1.15 bits per heavy atom. The third kappa shape index (κ3) is 2.29. The molecular weight excluding hydrogens is 262 g/mol. The number of Topliss-reactive ketones (excluding diaryl/α,β-unsaturated/α-hetero) is 1. The van der Waals surface area contributed by atoms with Gasteiger partial charge in [-0.05, 0) is 30.2 Å². The molecule has 0 saturated carbocycles. The molecule has 0 N–H and O–H groups in total. The van der Waals surface area contributed by atoms with E-state index in [0.29, 0.717) is 6.42 Å². The van der Waals surface area contributed by atoms with E-state index in [1.54, 1.807) is 0 Å².